The van der Waals surface area contributed by atoms with Crippen molar-refractivity contribution in [1.82, 2.24) is 0 Å². The highest BCUT2D eigenvalue weighted by atomic mass is 16.4. The molecule has 6 heteroatoms. The van der Waals surface area contributed by atoms with Crippen LogP contribution >= 0.6 is 0 Å². The average molecular weight is 493 g/mol. The van der Waals surface area contributed by atoms with Gasteiger partial charge in [-0.25, -0.2) is 20.0 Å². The van der Waals surface area contributed by atoms with E-state index >= 15 is 0 Å². The molecule has 188 valence electrons. The summed E-state index contributed by atoms with van der Waals surface area (Å²) in [6.45, 7) is 12.6. The molecular formula is C31H32N4O2. The van der Waals surface area contributed by atoms with Crippen LogP contribution in [-0.4, -0.2) is 33.9 Å². The van der Waals surface area contributed by atoms with E-state index in [-0.39, 0.29) is 6.42 Å². The fraction of sp³-hybridized carbons (Fsp3) is 0.323. The Labute approximate surface area is 218 Å². The second-order valence-electron chi connectivity index (χ2n) is 9.88. The van der Waals surface area contributed by atoms with Crippen LogP contribution in [0.3, 0.4) is 0 Å². The Morgan fingerprint density at radius 3 is 1.89 bits per heavy atom. The molecule has 5 rings (SSSR count). The van der Waals surface area contributed by atoms with Crippen LogP contribution in [0.2, 0.25) is 0 Å². The van der Waals surface area contributed by atoms with Gasteiger partial charge in [-0.3, -0.25) is 4.79 Å². The number of hydrogen-bond donors (Lipinski definition) is 1. The van der Waals surface area contributed by atoms with Gasteiger partial charge in [-0.1, -0.05) is 13.8 Å². The molecular weight excluding hydrogens is 460 g/mol. The van der Waals surface area contributed by atoms with Crippen LogP contribution in [0, 0.1) is 0 Å². The maximum Gasteiger partial charge on any atom is 0.303 e. The molecule has 1 N–H and O–H groups in total. The van der Waals surface area contributed by atoms with E-state index in [4.69, 9.17) is 20.0 Å². The van der Waals surface area contributed by atoms with E-state index in [2.05, 4.69) is 52.8 Å². The number of aliphatic imine (C=N–C) groups is 4. The third-order valence-electron chi connectivity index (χ3n) is 7.58. The molecule has 0 radical (unpaired) electrons. The van der Waals surface area contributed by atoms with Gasteiger partial charge in [-0.2, -0.15) is 0 Å². The molecule has 37 heavy (non-hydrogen) atoms. The smallest absolute Gasteiger partial charge is 0.303 e. The summed E-state index contributed by atoms with van der Waals surface area (Å²) < 4.78 is 0. The van der Waals surface area contributed by atoms with Crippen LogP contribution < -0.4 is 0 Å². The SMILES string of the molecule is CCC1=C(C)C2=NC1=CC1=NC(=CC3=NC(=CC4=NC(=C2)C(C)=C4CC)C(CCC(=O)O)=C3C)C=C1C. The minimum Gasteiger partial charge on any atom is -0.481 e. The molecule has 5 aliphatic rings. The minimum atomic E-state index is -0.819. The molecule has 5 heterocycles. The number of fused-ring (bicyclic) bond motifs is 4. The lowest BCUT2D eigenvalue weighted by Crippen LogP contribution is -2.01. The van der Waals surface area contributed by atoms with Gasteiger partial charge in [0.25, 0.3) is 0 Å². The van der Waals surface area contributed by atoms with Gasteiger partial charge in [-0.05, 0) is 116 Å². The third-order valence-corrected chi connectivity index (χ3v) is 7.58. The Morgan fingerprint density at radius 1 is 0.649 bits per heavy atom. The zero-order chi connectivity index (χ0) is 26.4. The van der Waals surface area contributed by atoms with Crippen molar-refractivity contribution in [3.8, 4) is 0 Å². The zero-order valence-electron chi connectivity index (χ0n) is 22.4. The normalized spacial score (nSPS) is 20.9. The van der Waals surface area contributed by atoms with Crippen molar-refractivity contribution in [3.05, 3.63) is 92.2 Å². The van der Waals surface area contributed by atoms with E-state index in [1.807, 2.05) is 19.1 Å². The van der Waals surface area contributed by atoms with Gasteiger partial charge in [0, 0.05) is 6.42 Å². The highest BCUT2D eigenvalue weighted by molar-refractivity contribution is 6.19. The Kier molecular flexibility index (Phi) is 6.36. The topological polar surface area (TPSA) is 86.7 Å². The van der Waals surface area contributed by atoms with Gasteiger partial charge in [0.15, 0.2) is 0 Å². The molecule has 6 nitrogen and oxygen atoms in total. The van der Waals surface area contributed by atoms with E-state index in [0.717, 1.165) is 80.8 Å². The van der Waals surface area contributed by atoms with Crippen molar-refractivity contribution in [2.24, 2.45) is 20.0 Å². The van der Waals surface area contributed by atoms with Gasteiger partial charge in [0.2, 0.25) is 0 Å². The van der Waals surface area contributed by atoms with E-state index in [0.29, 0.717) is 6.42 Å². The summed E-state index contributed by atoms with van der Waals surface area (Å²) in [5.41, 5.74) is 14.8. The van der Waals surface area contributed by atoms with Crippen molar-refractivity contribution in [2.45, 2.75) is 67.2 Å². The number of aliphatic carboxylic acids is 1. The standard InChI is InChI=1S/C31H32N4O2/c1-7-21-17(4)26-14-27-18(5)22(8-2)29(35-27)15-30-23(9-10-31(36)37)19(6)25(33-30)12-20-11-16(3)24(32-20)13-28(21)34-26/h11-15H,7-10H2,1-6H3,(H,36,37). The highest BCUT2D eigenvalue weighted by Crippen LogP contribution is 2.36. The van der Waals surface area contributed by atoms with Crippen molar-refractivity contribution in [1.29, 1.82) is 0 Å². The van der Waals surface area contributed by atoms with E-state index in [9.17, 15) is 9.90 Å². The summed E-state index contributed by atoms with van der Waals surface area (Å²) in [4.78, 5) is 31.3. The highest BCUT2D eigenvalue weighted by Gasteiger charge is 2.26. The maximum atomic E-state index is 11.4. The van der Waals surface area contributed by atoms with Gasteiger partial charge < -0.3 is 5.11 Å². The number of carboxylic acid groups (broad SMARTS) is 1. The first-order chi connectivity index (χ1) is 17.7. The first kappa shape index (κ1) is 24.8. The molecule has 0 spiro atoms. The van der Waals surface area contributed by atoms with E-state index < -0.39 is 5.97 Å². The van der Waals surface area contributed by atoms with Crippen molar-refractivity contribution >= 4 is 28.8 Å². The van der Waals surface area contributed by atoms with Crippen molar-refractivity contribution < 1.29 is 9.90 Å². The lowest BCUT2D eigenvalue weighted by atomic mass is 9.97. The fourth-order valence-electron chi connectivity index (χ4n) is 5.41. The number of allylic oxidation sites excluding steroid dienone is 12. The average Bonchev–Trinajstić information content (AvgIpc) is 3.52. The van der Waals surface area contributed by atoms with E-state index in [1.165, 1.54) is 16.7 Å². The molecule has 0 aliphatic carbocycles. The predicted octanol–water partition coefficient (Wildman–Crippen LogP) is 6.93. The Bertz CT molecular complexity index is 1520. The third kappa shape index (κ3) is 4.41. The summed E-state index contributed by atoms with van der Waals surface area (Å²) in [5, 5.41) is 9.36. The van der Waals surface area contributed by atoms with Crippen LogP contribution in [0.4, 0.5) is 0 Å². The number of nitrogens with zero attached hydrogens (tertiary/aromatic N) is 4. The quantitative estimate of drug-likeness (QED) is 0.451. The Hall–Kier alpha value is -3.93. The molecule has 0 amide bonds. The number of carbonyl (C=O) groups is 1. The van der Waals surface area contributed by atoms with Crippen molar-refractivity contribution in [2.75, 3.05) is 0 Å². The van der Waals surface area contributed by atoms with Gasteiger partial charge >= 0.3 is 5.97 Å². The van der Waals surface area contributed by atoms with E-state index in [1.54, 1.807) is 0 Å². The number of hydrogen-bond acceptors (Lipinski definition) is 5. The predicted molar refractivity (Wildman–Crippen MR) is 151 cm³/mol. The second-order valence-corrected chi connectivity index (χ2v) is 9.88. The van der Waals surface area contributed by atoms with Crippen LogP contribution in [0.5, 0.6) is 0 Å². The fourth-order valence-corrected chi connectivity index (χ4v) is 5.41. The molecule has 8 bridgehead atoms. The number of rotatable bonds is 5. The molecule has 0 aromatic carbocycles. The summed E-state index contributed by atoms with van der Waals surface area (Å²) in [7, 11) is 0. The van der Waals surface area contributed by atoms with Crippen LogP contribution in [0.15, 0.2) is 112 Å². The van der Waals surface area contributed by atoms with Crippen LogP contribution in [0.25, 0.3) is 0 Å². The summed E-state index contributed by atoms with van der Waals surface area (Å²) >= 11 is 0. The molecule has 0 fully saturated rings. The largest absolute Gasteiger partial charge is 0.481 e. The molecule has 0 aromatic heterocycles. The molecule has 0 saturated carbocycles. The molecule has 0 saturated heterocycles. The molecule has 0 atom stereocenters. The Morgan fingerprint density at radius 2 is 1.22 bits per heavy atom. The summed E-state index contributed by atoms with van der Waals surface area (Å²) in [5.74, 6) is -0.819. The van der Waals surface area contributed by atoms with Gasteiger partial charge in [-0.15, -0.1) is 0 Å². The number of carboxylic acids is 1. The van der Waals surface area contributed by atoms with Crippen molar-refractivity contribution in [3.63, 3.8) is 0 Å². The Balaban J connectivity index is 1.75. The molecule has 0 unspecified atom stereocenters. The minimum absolute atomic E-state index is 0.0522. The van der Waals surface area contributed by atoms with Crippen LogP contribution in [-0.2, 0) is 4.79 Å². The van der Waals surface area contributed by atoms with Crippen LogP contribution in [0.1, 0.15) is 67.2 Å². The lowest BCUT2D eigenvalue weighted by molar-refractivity contribution is -0.136. The molecule has 0 aromatic rings. The zero-order valence-corrected chi connectivity index (χ0v) is 22.4. The maximum absolute atomic E-state index is 11.4. The first-order valence-electron chi connectivity index (χ1n) is 12.9. The van der Waals surface area contributed by atoms with Gasteiger partial charge in [0.05, 0.1) is 45.6 Å². The lowest BCUT2D eigenvalue weighted by Gasteiger charge is -2.06. The summed E-state index contributed by atoms with van der Waals surface area (Å²) in [6.07, 6.45) is 12.5. The second kappa shape index (κ2) is 9.51. The molecule has 5 aliphatic heterocycles. The van der Waals surface area contributed by atoms with Gasteiger partial charge in [0.1, 0.15) is 0 Å². The monoisotopic (exact) mass is 492 g/mol. The summed E-state index contributed by atoms with van der Waals surface area (Å²) in [6, 6.07) is 0. The first-order valence-corrected chi connectivity index (χ1v) is 12.9.